The number of imide groups is 1. The summed E-state index contributed by atoms with van der Waals surface area (Å²) >= 11 is 0. The first kappa shape index (κ1) is 10.8. The molecule has 1 aliphatic carbocycles. The molecule has 1 fully saturated rings. The van der Waals surface area contributed by atoms with Crippen molar-refractivity contribution in [1.29, 1.82) is 0 Å². The third kappa shape index (κ3) is 1.27. The lowest BCUT2D eigenvalue weighted by Gasteiger charge is -2.19. The highest BCUT2D eigenvalue weighted by Gasteiger charge is 2.46. The van der Waals surface area contributed by atoms with E-state index in [2.05, 4.69) is 0 Å². The molecule has 0 N–H and O–H groups in total. The summed E-state index contributed by atoms with van der Waals surface area (Å²) in [6, 6.07) is 5.52. The standard InChI is InChI=1S/C13H9NO4/c15-10-6-5-9(11(10)16)14-12(17)7-3-1-2-4-8(7)13(14)18/h1-4,9H,5-6H2. The van der Waals surface area contributed by atoms with E-state index in [9.17, 15) is 19.2 Å². The molecule has 1 aliphatic heterocycles. The molecule has 18 heavy (non-hydrogen) atoms. The Kier molecular flexibility index (Phi) is 2.16. The molecule has 1 atom stereocenters. The van der Waals surface area contributed by atoms with E-state index in [1.165, 1.54) is 0 Å². The summed E-state index contributed by atoms with van der Waals surface area (Å²) < 4.78 is 0. The van der Waals surface area contributed by atoms with Crippen LogP contribution in [0.4, 0.5) is 0 Å². The average molecular weight is 243 g/mol. The van der Waals surface area contributed by atoms with Gasteiger partial charge in [-0.15, -0.1) is 0 Å². The summed E-state index contributed by atoms with van der Waals surface area (Å²) in [5.74, 6) is -2.10. The van der Waals surface area contributed by atoms with Crippen LogP contribution in [0.2, 0.25) is 0 Å². The van der Waals surface area contributed by atoms with E-state index in [1.807, 2.05) is 0 Å². The molecule has 0 saturated heterocycles. The fourth-order valence-electron chi connectivity index (χ4n) is 2.45. The van der Waals surface area contributed by atoms with E-state index in [1.54, 1.807) is 24.3 Å². The molecule has 0 radical (unpaired) electrons. The predicted molar refractivity (Wildman–Crippen MR) is 60.0 cm³/mol. The Labute approximate surface area is 102 Å². The smallest absolute Gasteiger partial charge is 0.262 e. The summed E-state index contributed by atoms with van der Waals surface area (Å²) in [5, 5.41) is 0. The number of rotatable bonds is 1. The van der Waals surface area contributed by atoms with Crippen molar-refractivity contribution >= 4 is 23.4 Å². The van der Waals surface area contributed by atoms with Gasteiger partial charge >= 0.3 is 0 Å². The summed E-state index contributed by atoms with van der Waals surface area (Å²) in [5.41, 5.74) is 0.601. The van der Waals surface area contributed by atoms with Gasteiger partial charge in [0.15, 0.2) is 0 Å². The fourth-order valence-corrected chi connectivity index (χ4v) is 2.45. The number of benzene rings is 1. The molecular formula is C13H9NO4. The Morgan fingerprint density at radius 1 is 0.944 bits per heavy atom. The van der Waals surface area contributed by atoms with Gasteiger partial charge in [0.05, 0.1) is 11.1 Å². The Hall–Kier alpha value is -2.30. The van der Waals surface area contributed by atoms with Gasteiger partial charge in [0.1, 0.15) is 6.04 Å². The van der Waals surface area contributed by atoms with Crippen molar-refractivity contribution in [3.8, 4) is 0 Å². The minimum atomic E-state index is -0.912. The lowest BCUT2D eigenvalue weighted by molar-refractivity contribution is -0.135. The van der Waals surface area contributed by atoms with Gasteiger partial charge in [0, 0.05) is 6.42 Å². The zero-order valence-corrected chi connectivity index (χ0v) is 9.38. The minimum Gasteiger partial charge on any atom is -0.291 e. The lowest BCUT2D eigenvalue weighted by atomic mass is 10.1. The molecule has 2 aliphatic rings. The zero-order valence-electron chi connectivity index (χ0n) is 9.38. The van der Waals surface area contributed by atoms with Gasteiger partial charge in [-0.05, 0) is 18.6 Å². The maximum atomic E-state index is 12.1. The van der Waals surface area contributed by atoms with E-state index in [4.69, 9.17) is 0 Å². The minimum absolute atomic E-state index is 0.108. The van der Waals surface area contributed by atoms with Crippen molar-refractivity contribution in [3.63, 3.8) is 0 Å². The predicted octanol–water partition coefficient (Wildman–Crippen LogP) is 0.583. The topological polar surface area (TPSA) is 71.5 Å². The van der Waals surface area contributed by atoms with E-state index in [-0.39, 0.29) is 12.8 Å². The monoisotopic (exact) mass is 243 g/mol. The maximum Gasteiger partial charge on any atom is 0.262 e. The van der Waals surface area contributed by atoms with Crippen molar-refractivity contribution < 1.29 is 19.2 Å². The number of nitrogens with zero attached hydrogens (tertiary/aromatic N) is 1. The second-order valence-electron chi connectivity index (χ2n) is 4.37. The first-order valence-corrected chi connectivity index (χ1v) is 5.65. The van der Waals surface area contributed by atoms with E-state index >= 15 is 0 Å². The number of carbonyl (C=O) groups is 4. The number of fused-ring (bicyclic) bond motifs is 1. The van der Waals surface area contributed by atoms with Gasteiger partial charge < -0.3 is 0 Å². The highest BCUT2D eigenvalue weighted by molar-refractivity contribution is 6.42. The molecule has 90 valence electrons. The van der Waals surface area contributed by atoms with Gasteiger partial charge in [0.25, 0.3) is 11.8 Å². The first-order chi connectivity index (χ1) is 8.61. The van der Waals surface area contributed by atoms with Crippen LogP contribution in [0.25, 0.3) is 0 Å². The molecule has 0 spiro atoms. The van der Waals surface area contributed by atoms with Crippen LogP contribution in [0.15, 0.2) is 24.3 Å². The van der Waals surface area contributed by atoms with E-state index < -0.39 is 29.4 Å². The number of carbonyl (C=O) groups excluding carboxylic acids is 4. The fraction of sp³-hybridized carbons (Fsp3) is 0.231. The van der Waals surface area contributed by atoms with E-state index in [0.717, 1.165) is 4.90 Å². The summed E-state index contributed by atoms with van der Waals surface area (Å²) in [6.45, 7) is 0. The summed E-state index contributed by atoms with van der Waals surface area (Å²) in [6.07, 6.45) is 0.347. The average Bonchev–Trinajstić information content (AvgIpc) is 2.82. The number of hydrogen-bond acceptors (Lipinski definition) is 4. The second-order valence-corrected chi connectivity index (χ2v) is 4.37. The van der Waals surface area contributed by atoms with Gasteiger partial charge in [-0.3, -0.25) is 24.1 Å². The van der Waals surface area contributed by atoms with Crippen molar-refractivity contribution in [2.75, 3.05) is 0 Å². The molecule has 2 amide bonds. The first-order valence-electron chi connectivity index (χ1n) is 5.65. The van der Waals surface area contributed by atoms with Crippen LogP contribution < -0.4 is 0 Å². The normalized spacial score (nSPS) is 22.9. The molecular weight excluding hydrogens is 234 g/mol. The van der Waals surface area contributed by atoms with Crippen LogP contribution in [-0.4, -0.2) is 34.3 Å². The van der Waals surface area contributed by atoms with Crippen LogP contribution in [0.5, 0.6) is 0 Å². The summed E-state index contributed by atoms with van der Waals surface area (Å²) in [7, 11) is 0. The molecule has 1 aromatic rings. The van der Waals surface area contributed by atoms with Gasteiger partial charge in [-0.1, -0.05) is 12.1 Å². The quantitative estimate of drug-likeness (QED) is 0.534. The molecule has 3 rings (SSSR count). The molecule has 1 saturated carbocycles. The highest BCUT2D eigenvalue weighted by atomic mass is 16.2. The Morgan fingerprint density at radius 2 is 1.50 bits per heavy atom. The van der Waals surface area contributed by atoms with Crippen molar-refractivity contribution in [1.82, 2.24) is 4.90 Å². The summed E-state index contributed by atoms with van der Waals surface area (Å²) in [4.78, 5) is 48.0. The SMILES string of the molecule is O=C1CCC(N2C(=O)c3ccccc3C2=O)C1=O. The largest absolute Gasteiger partial charge is 0.291 e. The van der Waals surface area contributed by atoms with Crippen LogP contribution >= 0.6 is 0 Å². The third-order valence-electron chi connectivity index (χ3n) is 3.36. The number of ketones is 2. The van der Waals surface area contributed by atoms with E-state index in [0.29, 0.717) is 11.1 Å². The number of Topliss-reactive ketones (excluding diaryl/α,β-unsaturated/α-hetero) is 2. The van der Waals surface area contributed by atoms with Crippen LogP contribution in [0.1, 0.15) is 33.6 Å². The highest BCUT2D eigenvalue weighted by Crippen LogP contribution is 2.28. The van der Waals surface area contributed by atoms with Crippen molar-refractivity contribution in [3.05, 3.63) is 35.4 Å². The molecule has 1 aromatic carbocycles. The van der Waals surface area contributed by atoms with Gasteiger partial charge in [0.2, 0.25) is 11.6 Å². The van der Waals surface area contributed by atoms with Crippen LogP contribution in [0.3, 0.4) is 0 Å². The molecule has 0 bridgehead atoms. The zero-order chi connectivity index (χ0) is 12.9. The lowest BCUT2D eigenvalue weighted by Crippen LogP contribution is -2.43. The van der Waals surface area contributed by atoms with Gasteiger partial charge in [-0.25, -0.2) is 0 Å². The molecule has 0 aromatic heterocycles. The van der Waals surface area contributed by atoms with Crippen LogP contribution in [-0.2, 0) is 9.59 Å². The Bertz CT molecular complexity index is 570. The third-order valence-corrected chi connectivity index (χ3v) is 3.36. The Balaban J connectivity index is 2.03. The second kappa shape index (κ2) is 3.60. The van der Waals surface area contributed by atoms with Crippen molar-refractivity contribution in [2.45, 2.75) is 18.9 Å². The maximum absolute atomic E-state index is 12.1. The van der Waals surface area contributed by atoms with Gasteiger partial charge in [-0.2, -0.15) is 0 Å². The van der Waals surface area contributed by atoms with Crippen LogP contribution in [0, 0.1) is 0 Å². The molecule has 5 heteroatoms. The number of amides is 2. The molecule has 1 heterocycles. The number of hydrogen-bond donors (Lipinski definition) is 0. The van der Waals surface area contributed by atoms with Crippen molar-refractivity contribution in [2.24, 2.45) is 0 Å². The molecule has 5 nitrogen and oxygen atoms in total. The molecule has 1 unspecified atom stereocenters. The Morgan fingerprint density at radius 3 is 1.94 bits per heavy atom.